The number of aromatic hydroxyl groups is 2. The SMILES string of the molecule is Cc1ccc(CCNC(=S)N2CCCc3cc(O)c(O)cc3C2)cc1. The van der Waals surface area contributed by atoms with E-state index in [0.29, 0.717) is 6.54 Å². The summed E-state index contributed by atoms with van der Waals surface area (Å²) in [5.74, 6) is -0.121. The maximum Gasteiger partial charge on any atom is 0.169 e. The van der Waals surface area contributed by atoms with Crippen molar-refractivity contribution in [3.05, 3.63) is 58.7 Å². The molecule has 5 heteroatoms. The molecule has 0 amide bonds. The number of aryl methyl sites for hydroxylation is 2. The molecule has 4 nitrogen and oxygen atoms in total. The third-order valence-electron chi connectivity index (χ3n) is 4.63. The van der Waals surface area contributed by atoms with Gasteiger partial charge in [-0.3, -0.25) is 0 Å². The summed E-state index contributed by atoms with van der Waals surface area (Å²) < 4.78 is 0. The molecule has 3 N–H and O–H groups in total. The number of nitrogens with zero attached hydrogens (tertiary/aromatic N) is 1. The monoisotopic (exact) mass is 356 g/mol. The topological polar surface area (TPSA) is 55.7 Å². The van der Waals surface area contributed by atoms with Gasteiger partial charge in [0.25, 0.3) is 0 Å². The fourth-order valence-corrected chi connectivity index (χ4v) is 3.40. The van der Waals surface area contributed by atoms with Gasteiger partial charge >= 0.3 is 0 Å². The van der Waals surface area contributed by atoms with Crippen LogP contribution in [0, 0.1) is 6.92 Å². The lowest BCUT2D eigenvalue weighted by molar-refractivity contribution is 0.397. The Hall–Kier alpha value is -2.27. The van der Waals surface area contributed by atoms with Crippen molar-refractivity contribution >= 4 is 17.3 Å². The van der Waals surface area contributed by atoms with Crippen LogP contribution < -0.4 is 5.32 Å². The van der Waals surface area contributed by atoms with E-state index >= 15 is 0 Å². The minimum absolute atomic E-state index is 0.0500. The summed E-state index contributed by atoms with van der Waals surface area (Å²) in [4.78, 5) is 2.13. The summed E-state index contributed by atoms with van der Waals surface area (Å²) in [7, 11) is 0. The maximum absolute atomic E-state index is 9.76. The summed E-state index contributed by atoms with van der Waals surface area (Å²) in [6.07, 6.45) is 2.78. The molecule has 3 rings (SSSR count). The second-order valence-corrected chi connectivity index (χ2v) is 6.99. The molecule has 1 aliphatic heterocycles. The van der Waals surface area contributed by atoms with Gasteiger partial charge in [0.15, 0.2) is 16.6 Å². The summed E-state index contributed by atoms with van der Waals surface area (Å²) in [5, 5.41) is 23.5. The van der Waals surface area contributed by atoms with Gasteiger partial charge in [-0.05, 0) is 67.2 Å². The van der Waals surface area contributed by atoms with Gasteiger partial charge in [-0.2, -0.15) is 0 Å². The van der Waals surface area contributed by atoms with Crippen LogP contribution in [-0.4, -0.2) is 33.3 Å². The van der Waals surface area contributed by atoms with Crippen LogP contribution >= 0.6 is 12.2 Å². The molecule has 0 fully saturated rings. The highest BCUT2D eigenvalue weighted by Crippen LogP contribution is 2.31. The Bertz CT molecular complexity index is 759. The van der Waals surface area contributed by atoms with Crippen molar-refractivity contribution in [2.75, 3.05) is 13.1 Å². The number of rotatable bonds is 3. The molecule has 0 radical (unpaired) electrons. The highest BCUT2D eigenvalue weighted by atomic mass is 32.1. The molecule has 0 aliphatic carbocycles. The van der Waals surface area contributed by atoms with Crippen molar-refractivity contribution in [3.63, 3.8) is 0 Å². The Labute approximate surface area is 154 Å². The highest BCUT2D eigenvalue weighted by molar-refractivity contribution is 7.80. The lowest BCUT2D eigenvalue weighted by Gasteiger charge is -2.24. The third-order valence-corrected chi connectivity index (χ3v) is 5.03. The van der Waals surface area contributed by atoms with Crippen LogP contribution in [-0.2, 0) is 19.4 Å². The average Bonchev–Trinajstić information content (AvgIpc) is 2.79. The highest BCUT2D eigenvalue weighted by Gasteiger charge is 2.18. The first-order valence-corrected chi connectivity index (χ1v) is 9.06. The Morgan fingerprint density at radius 3 is 2.52 bits per heavy atom. The minimum atomic E-state index is -0.0705. The normalized spacial score (nSPS) is 13.9. The zero-order valence-corrected chi connectivity index (χ0v) is 15.3. The largest absolute Gasteiger partial charge is 0.504 e. The number of fused-ring (bicyclic) bond motifs is 1. The van der Waals surface area contributed by atoms with E-state index in [2.05, 4.69) is 41.4 Å². The van der Waals surface area contributed by atoms with Crippen LogP contribution in [0.4, 0.5) is 0 Å². The Morgan fingerprint density at radius 2 is 1.80 bits per heavy atom. The number of hydrogen-bond donors (Lipinski definition) is 3. The summed E-state index contributed by atoms with van der Waals surface area (Å²) in [6.45, 7) is 4.41. The molecule has 0 spiro atoms. The van der Waals surface area contributed by atoms with Crippen LogP contribution in [0.3, 0.4) is 0 Å². The molecule has 0 atom stereocenters. The zero-order valence-electron chi connectivity index (χ0n) is 14.5. The first-order valence-electron chi connectivity index (χ1n) is 8.65. The predicted octanol–water partition coefficient (Wildman–Crippen LogP) is 3.27. The lowest BCUT2D eigenvalue weighted by Crippen LogP contribution is -2.40. The molecular weight excluding hydrogens is 332 g/mol. The molecule has 2 aromatic carbocycles. The first-order chi connectivity index (χ1) is 12.0. The first kappa shape index (κ1) is 17.5. The molecule has 132 valence electrons. The average molecular weight is 356 g/mol. The molecule has 0 unspecified atom stereocenters. The van der Waals surface area contributed by atoms with Crippen molar-refractivity contribution < 1.29 is 10.2 Å². The molecule has 0 saturated carbocycles. The predicted molar refractivity (Wildman–Crippen MR) is 104 cm³/mol. The van der Waals surface area contributed by atoms with Gasteiger partial charge in [0, 0.05) is 19.6 Å². The van der Waals surface area contributed by atoms with Gasteiger partial charge in [-0.1, -0.05) is 29.8 Å². The van der Waals surface area contributed by atoms with Gasteiger partial charge in [-0.15, -0.1) is 0 Å². The third kappa shape index (κ3) is 4.42. The van der Waals surface area contributed by atoms with Gasteiger partial charge in [-0.25, -0.2) is 0 Å². The van der Waals surface area contributed by atoms with E-state index in [-0.39, 0.29) is 11.5 Å². The maximum atomic E-state index is 9.76. The van der Waals surface area contributed by atoms with Gasteiger partial charge < -0.3 is 20.4 Å². The van der Waals surface area contributed by atoms with E-state index in [1.165, 1.54) is 11.1 Å². The van der Waals surface area contributed by atoms with E-state index in [4.69, 9.17) is 12.2 Å². The number of thiocarbonyl (C=S) groups is 1. The van der Waals surface area contributed by atoms with Crippen LogP contribution in [0.25, 0.3) is 0 Å². The molecule has 0 aromatic heterocycles. The summed E-state index contributed by atoms with van der Waals surface area (Å²) in [5.41, 5.74) is 4.67. The fraction of sp³-hybridized carbons (Fsp3) is 0.350. The molecule has 1 aliphatic rings. The van der Waals surface area contributed by atoms with Crippen molar-refractivity contribution in [1.29, 1.82) is 0 Å². The Balaban J connectivity index is 1.58. The quantitative estimate of drug-likeness (QED) is 0.582. The van der Waals surface area contributed by atoms with E-state index in [0.717, 1.165) is 48.6 Å². The van der Waals surface area contributed by atoms with Crippen LogP contribution in [0.15, 0.2) is 36.4 Å². The van der Waals surface area contributed by atoms with E-state index in [9.17, 15) is 10.2 Å². The number of hydrogen-bond acceptors (Lipinski definition) is 3. The van der Waals surface area contributed by atoms with Gasteiger partial charge in [0.05, 0.1) is 0 Å². The molecule has 25 heavy (non-hydrogen) atoms. The smallest absolute Gasteiger partial charge is 0.169 e. The van der Waals surface area contributed by atoms with E-state index in [1.54, 1.807) is 12.1 Å². The Kier molecular flexibility index (Phi) is 5.43. The molecule has 0 saturated heterocycles. The fourth-order valence-electron chi connectivity index (χ4n) is 3.14. The van der Waals surface area contributed by atoms with E-state index < -0.39 is 0 Å². The number of phenolic OH excluding ortho intramolecular Hbond substituents is 2. The minimum Gasteiger partial charge on any atom is -0.504 e. The second kappa shape index (κ2) is 7.74. The molecule has 0 bridgehead atoms. The standard InChI is InChI=1S/C20H24N2O2S/c1-14-4-6-15(7-5-14)8-9-21-20(25)22-10-2-3-16-11-18(23)19(24)12-17(16)13-22/h4-7,11-12,23-24H,2-3,8-10,13H2,1H3,(H,21,25). The van der Waals surface area contributed by atoms with Crippen LogP contribution in [0.2, 0.25) is 0 Å². The summed E-state index contributed by atoms with van der Waals surface area (Å²) >= 11 is 5.56. The molecular formula is C20H24N2O2S. The number of nitrogens with one attached hydrogen (secondary N) is 1. The van der Waals surface area contributed by atoms with Crippen molar-refractivity contribution in [1.82, 2.24) is 10.2 Å². The molecule has 2 aromatic rings. The zero-order chi connectivity index (χ0) is 17.8. The van der Waals surface area contributed by atoms with Crippen LogP contribution in [0.1, 0.15) is 28.7 Å². The Morgan fingerprint density at radius 1 is 1.12 bits per heavy atom. The van der Waals surface area contributed by atoms with Gasteiger partial charge in [0.1, 0.15) is 0 Å². The molecule has 1 heterocycles. The number of benzene rings is 2. The summed E-state index contributed by atoms with van der Waals surface area (Å²) in [6, 6.07) is 11.9. The van der Waals surface area contributed by atoms with Crippen molar-refractivity contribution in [2.45, 2.75) is 32.7 Å². The van der Waals surface area contributed by atoms with E-state index in [1.807, 2.05) is 0 Å². The number of phenols is 2. The van der Waals surface area contributed by atoms with Crippen molar-refractivity contribution in [3.8, 4) is 11.5 Å². The van der Waals surface area contributed by atoms with Crippen LogP contribution in [0.5, 0.6) is 11.5 Å². The lowest BCUT2D eigenvalue weighted by atomic mass is 10.0. The second-order valence-electron chi connectivity index (χ2n) is 6.60. The van der Waals surface area contributed by atoms with Crippen molar-refractivity contribution in [2.24, 2.45) is 0 Å². The van der Waals surface area contributed by atoms with Gasteiger partial charge in [0.2, 0.25) is 0 Å².